The van der Waals surface area contributed by atoms with Gasteiger partial charge < -0.3 is 20.4 Å². The van der Waals surface area contributed by atoms with Gasteiger partial charge in [-0.25, -0.2) is 4.79 Å². The van der Waals surface area contributed by atoms with Gasteiger partial charge in [0.15, 0.2) is 0 Å². The average Bonchev–Trinajstić information content (AvgIpc) is 2.81. The van der Waals surface area contributed by atoms with E-state index in [4.69, 9.17) is 0 Å². The second-order valence-corrected chi connectivity index (χ2v) is 5.18. The van der Waals surface area contributed by atoms with Crippen molar-refractivity contribution >= 4 is 11.7 Å². The number of nitrogens with one attached hydrogen (secondary N) is 2. The van der Waals surface area contributed by atoms with Crippen LogP contribution in [0.1, 0.15) is 5.56 Å². The van der Waals surface area contributed by atoms with E-state index in [1.165, 1.54) is 11.3 Å². The number of carbonyl (C=O) groups is 1. The van der Waals surface area contributed by atoms with Gasteiger partial charge in [-0.2, -0.15) is 0 Å². The van der Waals surface area contributed by atoms with Crippen LogP contribution in [0.5, 0.6) is 0 Å². The molecule has 0 saturated carbocycles. The van der Waals surface area contributed by atoms with Crippen LogP contribution in [0.25, 0.3) is 0 Å². The zero-order chi connectivity index (χ0) is 13.2. The average molecular weight is 260 g/mol. The second kappa shape index (κ2) is 5.09. The minimum atomic E-state index is 0.0917. The summed E-state index contributed by atoms with van der Waals surface area (Å²) in [6.07, 6.45) is 0. The van der Waals surface area contributed by atoms with Crippen LogP contribution in [0.4, 0.5) is 10.5 Å². The van der Waals surface area contributed by atoms with Crippen molar-refractivity contribution < 1.29 is 4.79 Å². The number of fused-ring (bicyclic) bond motifs is 1. The van der Waals surface area contributed by atoms with E-state index in [0.29, 0.717) is 6.04 Å². The Hall–Kier alpha value is -1.75. The van der Waals surface area contributed by atoms with Crippen LogP contribution in [0.2, 0.25) is 0 Å². The van der Waals surface area contributed by atoms with Crippen molar-refractivity contribution in [1.29, 1.82) is 0 Å². The van der Waals surface area contributed by atoms with Gasteiger partial charge in [0.05, 0.1) is 6.04 Å². The van der Waals surface area contributed by atoms with Gasteiger partial charge in [0.1, 0.15) is 0 Å². The Kier molecular flexibility index (Phi) is 3.29. The van der Waals surface area contributed by atoms with Crippen molar-refractivity contribution in [2.75, 3.05) is 38.1 Å². The SMILES string of the molecule is CNCc1ccc(N2CCN3C(=O)NCC3C2)cc1. The summed E-state index contributed by atoms with van der Waals surface area (Å²) < 4.78 is 0. The summed E-state index contributed by atoms with van der Waals surface area (Å²) in [6.45, 7) is 4.32. The summed E-state index contributed by atoms with van der Waals surface area (Å²) in [5.74, 6) is 0. The molecule has 2 aliphatic rings. The number of benzene rings is 1. The Morgan fingerprint density at radius 1 is 1.32 bits per heavy atom. The fraction of sp³-hybridized carbons (Fsp3) is 0.500. The van der Waals surface area contributed by atoms with Gasteiger partial charge in [-0.1, -0.05) is 12.1 Å². The molecule has 1 atom stereocenters. The van der Waals surface area contributed by atoms with Crippen molar-refractivity contribution in [3.63, 3.8) is 0 Å². The van der Waals surface area contributed by atoms with Gasteiger partial charge >= 0.3 is 6.03 Å². The Morgan fingerprint density at radius 3 is 2.84 bits per heavy atom. The number of rotatable bonds is 3. The van der Waals surface area contributed by atoms with Crippen molar-refractivity contribution in [3.05, 3.63) is 29.8 Å². The number of amides is 2. The van der Waals surface area contributed by atoms with Gasteiger partial charge in [0.25, 0.3) is 0 Å². The summed E-state index contributed by atoms with van der Waals surface area (Å²) in [6, 6.07) is 9.08. The molecule has 0 aromatic heterocycles. The fourth-order valence-electron chi connectivity index (χ4n) is 2.87. The van der Waals surface area contributed by atoms with Gasteiger partial charge in [0, 0.05) is 38.4 Å². The highest BCUT2D eigenvalue weighted by Crippen LogP contribution is 2.21. The van der Waals surface area contributed by atoms with Crippen LogP contribution in [-0.2, 0) is 6.54 Å². The molecule has 2 saturated heterocycles. The maximum absolute atomic E-state index is 11.6. The van der Waals surface area contributed by atoms with Gasteiger partial charge in [-0.05, 0) is 24.7 Å². The topological polar surface area (TPSA) is 47.6 Å². The molecular weight excluding hydrogens is 240 g/mol. The lowest BCUT2D eigenvalue weighted by molar-refractivity contribution is 0.197. The van der Waals surface area contributed by atoms with Crippen LogP contribution < -0.4 is 15.5 Å². The van der Waals surface area contributed by atoms with E-state index >= 15 is 0 Å². The molecule has 1 unspecified atom stereocenters. The van der Waals surface area contributed by atoms with E-state index in [2.05, 4.69) is 39.8 Å². The van der Waals surface area contributed by atoms with Gasteiger partial charge in [0.2, 0.25) is 0 Å². The molecule has 0 bridgehead atoms. The molecule has 5 nitrogen and oxygen atoms in total. The largest absolute Gasteiger partial charge is 0.368 e. The lowest BCUT2D eigenvalue weighted by Crippen LogP contribution is -2.52. The highest BCUT2D eigenvalue weighted by molar-refractivity contribution is 5.77. The number of carbonyl (C=O) groups excluding carboxylic acids is 1. The summed E-state index contributed by atoms with van der Waals surface area (Å²) in [7, 11) is 1.96. The van der Waals surface area contributed by atoms with Crippen molar-refractivity contribution in [1.82, 2.24) is 15.5 Å². The molecule has 102 valence electrons. The molecule has 2 fully saturated rings. The van der Waals surface area contributed by atoms with Crippen LogP contribution in [-0.4, -0.2) is 50.2 Å². The van der Waals surface area contributed by atoms with Gasteiger partial charge in [-0.3, -0.25) is 0 Å². The van der Waals surface area contributed by atoms with E-state index < -0.39 is 0 Å². The Labute approximate surface area is 113 Å². The standard InChI is InChI=1S/C14H20N4O/c1-15-8-11-2-4-12(5-3-11)17-6-7-18-13(10-17)9-16-14(18)19/h2-5,13,15H,6-10H2,1H3,(H,16,19). The third-order valence-corrected chi connectivity index (χ3v) is 3.91. The molecule has 5 heteroatoms. The fourth-order valence-corrected chi connectivity index (χ4v) is 2.87. The molecular formula is C14H20N4O. The van der Waals surface area contributed by atoms with Crippen molar-refractivity contribution in [3.8, 4) is 0 Å². The molecule has 2 aliphatic heterocycles. The van der Waals surface area contributed by atoms with Gasteiger partial charge in [-0.15, -0.1) is 0 Å². The summed E-state index contributed by atoms with van der Waals surface area (Å²) in [5, 5.41) is 6.06. The summed E-state index contributed by atoms with van der Waals surface area (Å²) in [4.78, 5) is 15.9. The predicted octanol–water partition coefficient (Wildman–Crippen LogP) is 0.620. The summed E-state index contributed by atoms with van der Waals surface area (Å²) in [5.41, 5.74) is 2.54. The Balaban J connectivity index is 1.68. The second-order valence-electron chi connectivity index (χ2n) is 5.18. The normalized spacial score (nSPS) is 22.4. The number of piperazine rings is 1. The lowest BCUT2D eigenvalue weighted by Gasteiger charge is -2.37. The molecule has 2 N–H and O–H groups in total. The number of anilines is 1. The maximum atomic E-state index is 11.6. The molecule has 1 aromatic carbocycles. The highest BCUT2D eigenvalue weighted by Gasteiger charge is 2.35. The van der Waals surface area contributed by atoms with E-state index in [1.54, 1.807) is 0 Å². The number of urea groups is 1. The monoisotopic (exact) mass is 260 g/mol. The molecule has 0 radical (unpaired) electrons. The van der Waals surface area contributed by atoms with E-state index in [-0.39, 0.29) is 6.03 Å². The van der Waals surface area contributed by atoms with E-state index in [0.717, 1.165) is 32.7 Å². The quantitative estimate of drug-likeness (QED) is 0.837. The molecule has 2 amide bonds. The summed E-state index contributed by atoms with van der Waals surface area (Å²) >= 11 is 0. The molecule has 2 heterocycles. The first-order valence-electron chi connectivity index (χ1n) is 6.81. The number of hydrogen-bond donors (Lipinski definition) is 2. The Morgan fingerprint density at radius 2 is 2.11 bits per heavy atom. The zero-order valence-electron chi connectivity index (χ0n) is 11.2. The van der Waals surface area contributed by atoms with Crippen molar-refractivity contribution in [2.45, 2.75) is 12.6 Å². The first-order valence-corrected chi connectivity index (χ1v) is 6.81. The van der Waals surface area contributed by atoms with Crippen molar-refractivity contribution in [2.24, 2.45) is 0 Å². The highest BCUT2D eigenvalue weighted by atomic mass is 16.2. The van der Waals surface area contributed by atoms with E-state index in [9.17, 15) is 4.79 Å². The first kappa shape index (κ1) is 12.3. The first-order chi connectivity index (χ1) is 9.28. The lowest BCUT2D eigenvalue weighted by atomic mass is 10.1. The van der Waals surface area contributed by atoms with Crippen LogP contribution in [0.3, 0.4) is 0 Å². The van der Waals surface area contributed by atoms with Crippen LogP contribution >= 0.6 is 0 Å². The number of hydrogen-bond acceptors (Lipinski definition) is 3. The third kappa shape index (κ3) is 2.38. The van der Waals surface area contributed by atoms with Crippen LogP contribution in [0, 0.1) is 0 Å². The molecule has 0 aliphatic carbocycles. The molecule has 0 spiro atoms. The molecule has 3 rings (SSSR count). The predicted molar refractivity (Wildman–Crippen MR) is 75.3 cm³/mol. The maximum Gasteiger partial charge on any atom is 0.317 e. The smallest absolute Gasteiger partial charge is 0.317 e. The minimum Gasteiger partial charge on any atom is -0.368 e. The molecule has 19 heavy (non-hydrogen) atoms. The zero-order valence-corrected chi connectivity index (χ0v) is 11.2. The van der Waals surface area contributed by atoms with E-state index in [1.807, 2.05) is 11.9 Å². The number of nitrogens with zero attached hydrogens (tertiary/aromatic N) is 2. The molecule has 1 aromatic rings. The Bertz CT molecular complexity index is 459. The van der Waals surface area contributed by atoms with Crippen LogP contribution in [0.15, 0.2) is 24.3 Å². The minimum absolute atomic E-state index is 0.0917. The third-order valence-electron chi connectivity index (χ3n) is 3.91.